The van der Waals surface area contributed by atoms with Gasteiger partial charge in [-0.2, -0.15) is 0 Å². The van der Waals surface area contributed by atoms with Crippen molar-refractivity contribution in [3.8, 4) is 0 Å². The maximum atomic E-state index is 12.0. The molecular weight excluding hydrogens is 268 g/mol. The minimum Gasteiger partial charge on any atom is -0.459 e. The first kappa shape index (κ1) is 15.2. The van der Waals surface area contributed by atoms with Crippen molar-refractivity contribution in [2.24, 2.45) is 5.92 Å². The number of nitrogens with zero attached hydrogens (tertiary/aromatic N) is 2. The van der Waals surface area contributed by atoms with Gasteiger partial charge in [0.25, 0.3) is 5.56 Å². The molecule has 5 heteroatoms. The fourth-order valence-corrected chi connectivity index (χ4v) is 2.02. The molecule has 5 nitrogen and oxygen atoms in total. The van der Waals surface area contributed by atoms with Crippen LogP contribution in [0.2, 0.25) is 0 Å². The Morgan fingerprint density at radius 3 is 2.90 bits per heavy atom. The lowest BCUT2D eigenvalue weighted by molar-refractivity contribution is -0.145. The number of aryl methyl sites for hydroxylation is 1. The molecule has 0 aromatic carbocycles. The third-order valence-corrected chi connectivity index (χ3v) is 3.25. The van der Waals surface area contributed by atoms with Gasteiger partial charge in [0.15, 0.2) is 0 Å². The molecule has 0 atom stereocenters. The molecule has 0 N–H and O–H groups in total. The number of ether oxygens (including phenoxy) is 1. The Kier molecular flexibility index (Phi) is 4.73. The van der Waals surface area contributed by atoms with Crippen LogP contribution in [-0.2, 0) is 16.1 Å². The summed E-state index contributed by atoms with van der Waals surface area (Å²) in [6.45, 7) is 6.04. The molecule has 0 fully saturated rings. The summed E-state index contributed by atoms with van der Waals surface area (Å²) in [7, 11) is 0. The third kappa shape index (κ3) is 3.90. The summed E-state index contributed by atoms with van der Waals surface area (Å²) < 4.78 is 6.66. The fourth-order valence-electron chi connectivity index (χ4n) is 2.02. The van der Waals surface area contributed by atoms with E-state index in [0.29, 0.717) is 23.7 Å². The quantitative estimate of drug-likeness (QED) is 0.793. The second-order valence-electron chi connectivity index (χ2n) is 5.56. The standard InChI is InChI=1S/C16H20N2O3/c1-11(2)6-7-15(20)21-10-13-9-14(19)18-8-4-5-12(3)16(18)17-13/h4-5,8-9,11H,6-7,10H2,1-3H3. The smallest absolute Gasteiger partial charge is 0.306 e. The number of hydrogen-bond donors (Lipinski definition) is 0. The number of fused-ring (bicyclic) bond motifs is 1. The molecular formula is C16H20N2O3. The van der Waals surface area contributed by atoms with E-state index in [1.54, 1.807) is 12.3 Å². The molecule has 0 saturated carbocycles. The number of aromatic nitrogens is 2. The zero-order chi connectivity index (χ0) is 15.4. The highest BCUT2D eigenvalue weighted by molar-refractivity contribution is 5.69. The van der Waals surface area contributed by atoms with Crippen LogP contribution < -0.4 is 5.56 Å². The predicted octanol–water partition coefficient (Wildman–Crippen LogP) is 2.48. The van der Waals surface area contributed by atoms with Gasteiger partial charge in [-0.25, -0.2) is 4.98 Å². The van der Waals surface area contributed by atoms with E-state index in [9.17, 15) is 9.59 Å². The van der Waals surface area contributed by atoms with E-state index >= 15 is 0 Å². The number of carbonyl (C=O) groups excluding carboxylic acids is 1. The van der Waals surface area contributed by atoms with Crippen molar-refractivity contribution < 1.29 is 9.53 Å². The van der Waals surface area contributed by atoms with Gasteiger partial charge in [-0.05, 0) is 30.9 Å². The van der Waals surface area contributed by atoms with Gasteiger partial charge < -0.3 is 4.74 Å². The largest absolute Gasteiger partial charge is 0.459 e. The maximum Gasteiger partial charge on any atom is 0.306 e. The van der Waals surface area contributed by atoms with Gasteiger partial charge in [0.1, 0.15) is 12.3 Å². The first-order chi connectivity index (χ1) is 9.97. The van der Waals surface area contributed by atoms with Crippen LogP contribution in [0.5, 0.6) is 0 Å². The number of rotatable bonds is 5. The van der Waals surface area contributed by atoms with Crippen molar-refractivity contribution in [3.05, 3.63) is 46.0 Å². The Morgan fingerprint density at radius 1 is 1.43 bits per heavy atom. The fraction of sp³-hybridized carbons (Fsp3) is 0.438. The number of esters is 1. The van der Waals surface area contributed by atoms with Gasteiger partial charge in [-0.1, -0.05) is 19.9 Å². The van der Waals surface area contributed by atoms with Crippen molar-refractivity contribution in [1.29, 1.82) is 0 Å². The van der Waals surface area contributed by atoms with Crippen LogP contribution in [0.3, 0.4) is 0 Å². The monoisotopic (exact) mass is 288 g/mol. The van der Waals surface area contributed by atoms with Crippen LogP contribution in [0.4, 0.5) is 0 Å². The van der Waals surface area contributed by atoms with E-state index in [0.717, 1.165) is 12.0 Å². The van der Waals surface area contributed by atoms with Crippen molar-refractivity contribution in [2.45, 2.75) is 40.2 Å². The average molecular weight is 288 g/mol. The lowest BCUT2D eigenvalue weighted by Crippen LogP contribution is -2.17. The number of carbonyl (C=O) groups is 1. The van der Waals surface area contributed by atoms with Crippen LogP contribution in [0.15, 0.2) is 29.2 Å². The molecule has 0 amide bonds. The Morgan fingerprint density at radius 2 is 2.19 bits per heavy atom. The van der Waals surface area contributed by atoms with Gasteiger partial charge in [0.2, 0.25) is 0 Å². The van der Waals surface area contributed by atoms with Crippen molar-refractivity contribution >= 4 is 11.6 Å². The van der Waals surface area contributed by atoms with Crippen molar-refractivity contribution in [3.63, 3.8) is 0 Å². The lowest BCUT2D eigenvalue weighted by atomic mass is 10.1. The minimum atomic E-state index is -0.254. The van der Waals surface area contributed by atoms with Crippen molar-refractivity contribution in [1.82, 2.24) is 9.38 Å². The van der Waals surface area contributed by atoms with Crippen LogP contribution in [0.25, 0.3) is 5.65 Å². The van der Waals surface area contributed by atoms with Gasteiger partial charge >= 0.3 is 5.97 Å². The van der Waals surface area contributed by atoms with Crippen LogP contribution in [0.1, 0.15) is 37.9 Å². The zero-order valence-electron chi connectivity index (χ0n) is 12.6. The molecule has 0 saturated heterocycles. The van der Waals surface area contributed by atoms with Gasteiger partial charge in [0, 0.05) is 18.7 Å². The molecule has 0 aliphatic heterocycles. The van der Waals surface area contributed by atoms with Gasteiger partial charge in [0.05, 0.1) is 5.69 Å². The summed E-state index contributed by atoms with van der Waals surface area (Å²) in [6.07, 6.45) is 2.87. The Bertz CT molecular complexity index is 704. The summed E-state index contributed by atoms with van der Waals surface area (Å²) in [5.74, 6) is 0.208. The molecule has 0 aliphatic rings. The normalized spacial score (nSPS) is 11.0. The SMILES string of the molecule is Cc1cccn2c(=O)cc(COC(=O)CCC(C)C)nc12. The van der Waals surface area contributed by atoms with Crippen LogP contribution >= 0.6 is 0 Å². The van der Waals surface area contributed by atoms with E-state index in [1.165, 1.54) is 10.5 Å². The first-order valence-corrected chi connectivity index (χ1v) is 7.11. The molecule has 0 spiro atoms. The molecule has 2 aromatic rings. The summed E-state index contributed by atoms with van der Waals surface area (Å²) >= 11 is 0. The highest BCUT2D eigenvalue weighted by Gasteiger charge is 2.08. The van der Waals surface area contributed by atoms with Crippen LogP contribution in [0, 0.1) is 12.8 Å². The van der Waals surface area contributed by atoms with E-state index in [1.807, 2.05) is 13.0 Å². The maximum absolute atomic E-state index is 12.0. The van der Waals surface area contributed by atoms with Crippen molar-refractivity contribution in [2.75, 3.05) is 0 Å². The minimum absolute atomic E-state index is 0.0387. The molecule has 112 valence electrons. The van der Waals surface area contributed by atoms with Gasteiger partial charge in [-0.3, -0.25) is 14.0 Å². The Balaban J connectivity index is 2.11. The highest BCUT2D eigenvalue weighted by Crippen LogP contribution is 2.08. The molecule has 0 bridgehead atoms. The van der Waals surface area contributed by atoms with E-state index in [-0.39, 0.29) is 18.1 Å². The second-order valence-corrected chi connectivity index (χ2v) is 5.56. The van der Waals surface area contributed by atoms with E-state index in [2.05, 4.69) is 18.8 Å². The van der Waals surface area contributed by atoms with E-state index < -0.39 is 0 Å². The van der Waals surface area contributed by atoms with E-state index in [4.69, 9.17) is 4.74 Å². The molecule has 2 rings (SSSR count). The topological polar surface area (TPSA) is 60.7 Å². The zero-order valence-corrected chi connectivity index (χ0v) is 12.6. The second kappa shape index (κ2) is 6.52. The third-order valence-electron chi connectivity index (χ3n) is 3.25. The molecule has 0 radical (unpaired) electrons. The lowest BCUT2D eigenvalue weighted by Gasteiger charge is -2.08. The molecule has 2 heterocycles. The molecule has 2 aromatic heterocycles. The average Bonchev–Trinajstić information content (AvgIpc) is 2.44. The summed E-state index contributed by atoms with van der Waals surface area (Å²) in [4.78, 5) is 28.0. The molecule has 21 heavy (non-hydrogen) atoms. The Labute approximate surface area is 123 Å². The summed E-state index contributed by atoms with van der Waals surface area (Å²) in [6, 6.07) is 5.10. The predicted molar refractivity (Wildman–Crippen MR) is 80.1 cm³/mol. The Hall–Kier alpha value is -2.17. The number of pyridine rings is 1. The highest BCUT2D eigenvalue weighted by atomic mass is 16.5. The molecule has 0 aliphatic carbocycles. The first-order valence-electron chi connectivity index (χ1n) is 7.11. The molecule has 0 unspecified atom stereocenters. The summed E-state index contributed by atoms with van der Waals surface area (Å²) in [5, 5.41) is 0. The van der Waals surface area contributed by atoms with Crippen LogP contribution in [-0.4, -0.2) is 15.4 Å². The summed E-state index contributed by atoms with van der Waals surface area (Å²) in [5.41, 5.74) is 1.81. The number of hydrogen-bond acceptors (Lipinski definition) is 4. The van der Waals surface area contributed by atoms with Gasteiger partial charge in [-0.15, -0.1) is 0 Å².